The Morgan fingerprint density at radius 3 is 2.23 bits per heavy atom. The Balaban J connectivity index is 2.16. The fourth-order valence-corrected chi connectivity index (χ4v) is 2.54. The third kappa shape index (κ3) is 4.39. The molecule has 116 valence electrons. The van der Waals surface area contributed by atoms with Gasteiger partial charge < -0.3 is 4.74 Å². The van der Waals surface area contributed by atoms with E-state index in [2.05, 4.69) is 9.68 Å². The molecule has 0 aliphatic heterocycles. The topological polar surface area (TPSA) is 35.5 Å². The lowest BCUT2D eigenvalue weighted by Crippen LogP contribution is -2.16. The molecule has 0 amide bonds. The van der Waals surface area contributed by atoms with Crippen LogP contribution >= 0.6 is 11.8 Å². The van der Waals surface area contributed by atoms with Crippen molar-refractivity contribution in [2.45, 2.75) is 16.2 Å². The van der Waals surface area contributed by atoms with E-state index in [1.165, 1.54) is 24.3 Å². The lowest BCUT2D eigenvalue weighted by Gasteiger charge is -2.09. The zero-order valence-electron chi connectivity index (χ0n) is 10.8. The standard InChI is InChI=1S/C14H8F4O3S/c15-14(16,17)20-9-5-7-10(8-6-9)22-12-4-2-1-3-11(12)13(19)21-18/h1-8H. The second kappa shape index (κ2) is 6.69. The Morgan fingerprint density at radius 2 is 1.64 bits per heavy atom. The van der Waals surface area contributed by atoms with Crippen LogP contribution in [0, 0.1) is 0 Å². The number of carbonyl (C=O) groups excluding carboxylic acids is 1. The molecule has 0 spiro atoms. The Labute approximate surface area is 126 Å². The first kappa shape index (κ1) is 16.2. The Kier molecular flexibility index (Phi) is 4.92. The lowest BCUT2D eigenvalue weighted by atomic mass is 10.2. The van der Waals surface area contributed by atoms with Crippen LogP contribution in [0.5, 0.6) is 5.75 Å². The Morgan fingerprint density at radius 1 is 1.00 bits per heavy atom. The highest BCUT2D eigenvalue weighted by atomic mass is 32.2. The van der Waals surface area contributed by atoms with E-state index in [9.17, 15) is 22.5 Å². The molecular formula is C14H8F4O3S. The molecule has 0 heterocycles. The number of ether oxygens (including phenoxy) is 1. The fourth-order valence-electron chi connectivity index (χ4n) is 1.60. The molecule has 0 saturated carbocycles. The van der Waals surface area contributed by atoms with Crippen LogP contribution in [0.3, 0.4) is 0 Å². The van der Waals surface area contributed by atoms with E-state index in [0.717, 1.165) is 23.9 Å². The number of alkyl halides is 3. The van der Waals surface area contributed by atoms with E-state index in [1.54, 1.807) is 12.1 Å². The number of carbonyl (C=O) groups is 1. The SMILES string of the molecule is O=C(OF)c1ccccc1Sc1ccc(OC(F)(F)F)cc1. The molecule has 2 rings (SSSR count). The molecule has 0 bridgehead atoms. The van der Waals surface area contributed by atoms with Crippen molar-refractivity contribution in [1.29, 1.82) is 0 Å². The molecule has 0 aromatic heterocycles. The summed E-state index contributed by atoms with van der Waals surface area (Å²) in [6.45, 7) is 0. The van der Waals surface area contributed by atoms with Gasteiger partial charge in [0.05, 0.1) is 5.56 Å². The van der Waals surface area contributed by atoms with Crippen molar-refractivity contribution >= 4 is 17.7 Å². The predicted molar refractivity (Wildman–Crippen MR) is 70.2 cm³/mol. The van der Waals surface area contributed by atoms with Gasteiger partial charge in [-0.3, -0.25) is 0 Å². The zero-order valence-corrected chi connectivity index (χ0v) is 11.6. The second-order valence-corrected chi connectivity index (χ2v) is 5.10. The van der Waals surface area contributed by atoms with Gasteiger partial charge in [-0.1, -0.05) is 23.9 Å². The minimum atomic E-state index is -4.76. The van der Waals surface area contributed by atoms with Gasteiger partial charge in [-0.25, -0.2) is 9.74 Å². The number of hydrogen-bond acceptors (Lipinski definition) is 4. The van der Waals surface area contributed by atoms with E-state index in [-0.39, 0.29) is 11.3 Å². The van der Waals surface area contributed by atoms with Gasteiger partial charge in [0.15, 0.2) is 0 Å². The molecule has 8 heteroatoms. The zero-order chi connectivity index (χ0) is 16.2. The number of benzene rings is 2. The Bertz CT molecular complexity index is 656. The van der Waals surface area contributed by atoms with Gasteiger partial charge in [-0.2, -0.15) is 0 Å². The van der Waals surface area contributed by atoms with Crippen LogP contribution in [0.4, 0.5) is 17.7 Å². The van der Waals surface area contributed by atoms with Crippen molar-refractivity contribution in [2.24, 2.45) is 0 Å². The van der Waals surface area contributed by atoms with Crippen LogP contribution in [0.1, 0.15) is 10.4 Å². The average molecular weight is 332 g/mol. The quantitative estimate of drug-likeness (QED) is 0.755. The van der Waals surface area contributed by atoms with Gasteiger partial charge in [0, 0.05) is 14.3 Å². The molecule has 0 aliphatic carbocycles. The third-order valence-corrected chi connectivity index (χ3v) is 3.55. The normalized spacial score (nSPS) is 11.1. The van der Waals surface area contributed by atoms with E-state index in [1.807, 2.05) is 0 Å². The maximum atomic E-state index is 12.1. The van der Waals surface area contributed by atoms with Crippen LogP contribution in [0.2, 0.25) is 0 Å². The summed E-state index contributed by atoms with van der Waals surface area (Å²) in [4.78, 5) is 15.4. The highest BCUT2D eigenvalue weighted by molar-refractivity contribution is 7.99. The highest BCUT2D eigenvalue weighted by Gasteiger charge is 2.30. The Hall–Kier alpha value is -2.22. The first-order chi connectivity index (χ1) is 10.4. The van der Waals surface area contributed by atoms with Gasteiger partial charge >= 0.3 is 12.3 Å². The number of rotatable bonds is 4. The van der Waals surface area contributed by atoms with Crippen LogP contribution in [-0.2, 0) is 4.94 Å². The lowest BCUT2D eigenvalue weighted by molar-refractivity contribution is -0.274. The molecule has 0 N–H and O–H groups in total. The maximum absolute atomic E-state index is 12.1. The molecular weight excluding hydrogens is 324 g/mol. The number of hydrogen-bond donors (Lipinski definition) is 0. The second-order valence-electron chi connectivity index (χ2n) is 3.98. The van der Waals surface area contributed by atoms with E-state index in [0.29, 0.717) is 9.79 Å². The first-order valence-corrected chi connectivity index (χ1v) is 6.66. The highest BCUT2D eigenvalue weighted by Crippen LogP contribution is 2.32. The van der Waals surface area contributed by atoms with Crippen LogP contribution in [-0.4, -0.2) is 12.3 Å². The van der Waals surface area contributed by atoms with Gasteiger partial charge in [-0.05, 0) is 36.4 Å². The smallest absolute Gasteiger partial charge is 0.406 e. The van der Waals surface area contributed by atoms with Crippen molar-refractivity contribution < 1.29 is 32.2 Å². The van der Waals surface area contributed by atoms with E-state index < -0.39 is 12.3 Å². The summed E-state index contributed by atoms with van der Waals surface area (Å²) in [6, 6.07) is 11.2. The molecule has 0 fully saturated rings. The van der Waals surface area contributed by atoms with Gasteiger partial charge in [0.1, 0.15) is 5.75 Å². The van der Waals surface area contributed by atoms with Gasteiger partial charge in [0.25, 0.3) is 0 Å². The monoisotopic (exact) mass is 332 g/mol. The molecule has 0 aliphatic rings. The molecule has 0 radical (unpaired) electrons. The largest absolute Gasteiger partial charge is 0.573 e. The summed E-state index contributed by atoms with van der Waals surface area (Å²) in [5.41, 5.74) is 0.0191. The van der Waals surface area contributed by atoms with Crippen LogP contribution in [0.25, 0.3) is 0 Å². The molecule has 0 saturated heterocycles. The number of halogens is 4. The molecule has 2 aromatic carbocycles. The first-order valence-electron chi connectivity index (χ1n) is 5.84. The maximum Gasteiger partial charge on any atom is 0.573 e. The summed E-state index contributed by atoms with van der Waals surface area (Å²) >= 11 is 1.08. The van der Waals surface area contributed by atoms with Crippen molar-refractivity contribution in [3.05, 3.63) is 54.1 Å². The van der Waals surface area contributed by atoms with Crippen molar-refractivity contribution in [2.75, 3.05) is 0 Å². The molecule has 0 unspecified atom stereocenters. The average Bonchev–Trinajstić information content (AvgIpc) is 2.47. The molecule has 2 aromatic rings. The minimum Gasteiger partial charge on any atom is -0.406 e. The van der Waals surface area contributed by atoms with Gasteiger partial charge in [-0.15, -0.1) is 13.2 Å². The fraction of sp³-hybridized carbons (Fsp3) is 0.0714. The van der Waals surface area contributed by atoms with Crippen molar-refractivity contribution in [1.82, 2.24) is 0 Å². The summed E-state index contributed by atoms with van der Waals surface area (Å²) in [6.07, 6.45) is -4.76. The van der Waals surface area contributed by atoms with E-state index >= 15 is 0 Å². The molecule has 0 atom stereocenters. The molecule has 22 heavy (non-hydrogen) atoms. The van der Waals surface area contributed by atoms with Crippen LogP contribution in [0.15, 0.2) is 58.3 Å². The summed E-state index contributed by atoms with van der Waals surface area (Å²) in [7, 11) is 0. The van der Waals surface area contributed by atoms with Crippen molar-refractivity contribution in [3.8, 4) is 5.75 Å². The summed E-state index contributed by atoms with van der Waals surface area (Å²) < 4.78 is 51.9. The van der Waals surface area contributed by atoms with Crippen molar-refractivity contribution in [3.63, 3.8) is 0 Å². The third-order valence-electron chi connectivity index (χ3n) is 2.46. The summed E-state index contributed by atoms with van der Waals surface area (Å²) in [5.74, 6) is -1.49. The van der Waals surface area contributed by atoms with E-state index in [4.69, 9.17) is 0 Å². The molecule has 3 nitrogen and oxygen atoms in total. The summed E-state index contributed by atoms with van der Waals surface area (Å²) in [5, 5.41) is 0. The predicted octanol–water partition coefficient (Wildman–Crippen LogP) is 4.78. The minimum absolute atomic E-state index is 0.0191. The van der Waals surface area contributed by atoms with Crippen LogP contribution < -0.4 is 4.74 Å². The van der Waals surface area contributed by atoms with Gasteiger partial charge in [0.2, 0.25) is 0 Å².